The van der Waals surface area contributed by atoms with Crippen molar-refractivity contribution in [2.45, 2.75) is 19.6 Å². The van der Waals surface area contributed by atoms with Gasteiger partial charge in [-0.15, -0.1) is 0 Å². The molecule has 2 aromatic rings. The van der Waals surface area contributed by atoms with E-state index in [2.05, 4.69) is 44.8 Å². The van der Waals surface area contributed by atoms with Crippen LogP contribution in [0.4, 0.5) is 11.4 Å². The SMILES string of the molecule is O=[N+]([O-])c1ccc(NCc2ccc3c(c2)CNC3)c(Br)c1. The first-order chi connectivity index (χ1) is 10.1. The fourth-order valence-corrected chi connectivity index (χ4v) is 2.92. The summed E-state index contributed by atoms with van der Waals surface area (Å²) >= 11 is 3.36. The zero-order valence-corrected chi connectivity index (χ0v) is 12.8. The van der Waals surface area contributed by atoms with Crippen LogP contribution in [0, 0.1) is 10.1 Å². The number of halogens is 1. The Morgan fingerprint density at radius 2 is 2.00 bits per heavy atom. The zero-order valence-electron chi connectivity index (χ0n) is 11.2. The molecule has 2 N–H and O–H groups in total. The van der Waals surface area contributed by atoms with Crippen molar-refractivity contribution >= 4 is 27.3 Å². The van der Waals surface area contributed by atoms with E-state index in [1.54, 1.807) is 6.07 Å². The van der Waals surface area contributed by atoms with Crippen LogP contribution in [-0.2, 0) is 19.6 Å². The number of rotatable bonds is 4. The summed E-state index contributed by atoms with van der Waals surface area (Å²) < 4.78 is 0.694. The number of benzene rings is 2. The molecule has 1 aliphatic rings. The van der Waals surface area contributed by atoms with Crippen molar-refractivity contribution in [2.75, 3.05) is 5.32 Å². The molecule has 0 aliphatic carbocycles. The molecule has 5 nitrogen and oxygen atoms in total. The molecule has 0 saturated heterocycles. The molecule has 6 heteroatoms. The monoisotopic (exact) mass is 347 g/mol. The molecule has 0 atom stereocenters. The number of nitro groups is 1. The third-order valence-corrected chi connectivity index (χ3v) is 4.20. The van der Waals surface area contributed by atoms with Gasteiger partial charge in [-0.3, -0.25) is 10.1 Å². The van der Waals surface area contributed by atoms with Gasteiger partial charge in [0.1, 0.15) is 0 Å². The molecule has 0 amide bonds. The first-order valence-electron chi connectivity index (χ1n) is 6.63. The van der Waals surface area contributed by atoms with Gasteiger partial charge in [0.2, 0.25) is 0 Å². The summed E-state index contributed by atoms with van der Waals surface area (Å²) in [6.07, 6.45) is 0. The van der Waals surface area contributed by atoms with E-state index >= 15 is 0 Å². The van der Waals surface area contributed by atoms with Crippen LogP contribution in [0.15, 0.2) is 40.9 Å². The van der Waals surface area contributed by atoms with Crippen LogP contribution in [0.25, 0.3) is 0 Å². The average Bonchev–Trinajstić information content (AvgIpc) is 2.93. The molecule has 2 aromatic carbocycles. The second kappa shape index (κ2) is 5.83. The Labute approximate surface area is 130 Å². The van der Waals surface area contributed by atoms with Gasteiger partial charge in [-0.1, -0.05) is 18.2 Å². The Morgan fingerprint density at radius 3 is 2.76 bits per heavy atom. The first kappa shape index (κ1) is 14.0. The molecule has 0 bridgehead atoms. The van der Waals surface area contributed by atoms with Gasteiger partial charge in [0.05, 0.1) is 4.92 Å². The smallest absolute Gasteiger partial charge is 0.270 e. The van der Waals surface area contributed by atoms with Gasteiger partial charge < -0.3 is 10.6 Å². The summed E-state index contributed by atoms with van der Waals surface area (Å²) in [7, 11) is 0. The summed E-state index contributed by atoms with van der Waals surface area (Å²) in [4.78, 5) is 10.3. The van der Waals surface area contributed by atoms with E-state index in [4.69, 9.17) is 0 Å². The van der Waals surface area contributed by atoms with E-state index in [0.717, 1.165) is 18.8 Å². The lowest BCUT2D eigenvalue weighted by molar-refractivity contribution is -0.384. The minimum atomic E-state index is -0.401. The van der Waals surface area contributed by atoms with Gasteiger partial charge in [-0.25, -0.2) is 0 Å². The molecule has 3 rings (SSSR count). The second-order valence-electron chi connectivity index (χ2n) is 4.98. The van der Waals surface area contributed by atoms with E-state index in [1.807, 2.05) is 0 Å². The minimum Gasteiger partial charge on any atom is -0.380 e. The molecule has 0 spiro atoms. The number of anilines is 1. The molecule has 108 valence electrons. The maximum Gasteiger partial charge on any atom is 0.270 e. The molecule has 1 heterocycles. The van der Waals surface area contributed by atoms with Crippen LogP contribution >= 0.6 is 15.9 Å². The Hall–Kier alpha value is -1.92. The molecule has 0 saturated carbocycles. The van der Waals surface area contributed by atoms with Crippen LogP contribution in [-0.4, -0.2) is 4.92 Å². The van der Waals surface area contributed by atoms with Gasteiger partial charge in [0, 0.05) is 41.9 Å². The molecule has 0 radical (unpaired) electrons. The summed E-state index contributed by atoms with van der Waals surface area (Å²) in [5.41, 5.74) is 4.82. The van der Waals surface area contributed by atoms with E-state index in [0.29, 0.717) is 11.0 Å². The number of hydrogen-bond acceptors (Lipinski definition) is 4. The second-order valence-corrected chi connectivity index (χ2v) is 5.84. The normalized spacial score (nSPS) is 13.0. The van der Waals surface area contributed by atoms with E-state index in [1.165, 1.54) is 28.8 Å². The van der Waals surface area contributed by atoms with Gasteiger partial charge >= 0.3 is 0 Å². The number of nitro benzene ring substituents is 1. The third kappa shape index (κ3) is 3.06. The highest BCUT2D eigenvalue weighted by molar-refractivity contribution is 9.10. The number of hydrogen-bond donors (Lipinski definition) is 2. The lowest BCUT2D eigenvalue weighted by atomic mass is 10.1. The number of nitrogens with zero attached hydrogens (tertiary/aromatic N) is 1. The highest BCUT2D eigenvalue weighted by atomic mass is 79.9. The first-order valence-corrected chi connectivity index (χ1v) is 7.42. The summed E-state index contributed by atoms with van der Waals surface area (Å²) in [6.45, 7) is 2.55. The lowest BCUT2D eigenvalue weighted by Crippen LogP contribution is -2.01. The van der Waals surface area contributed by atoms with Crippen LogP contribution in [0.2, 0.25) is 0 Å². The molecule has 0 fully saturated rings. The topological polar surface area (TPSA) is 67.2 Å². The number of non-ortho nitro benzene ring substituents is 1. The van der Waals surface area contributed by atoms with Crippen LogP contribution in [0.1, 0.15) is 16.7 Å². The van der Waals surface area contributed by atoms with Gasteiger partial charge in [-0.05, 0) is 38.7 Å². The van der Waals surface area contributed by atoms with Crippen molar-refractivity contribution in [3.8, 4) is 0 Å². The Balaban J connectivity index is 1.71. The zero-order chi connectivity index (χ0) is 14.8. The third-order valence-electron chi connectivity index (χ3n) is 3.55. The van der Waals surface area contributed by atoms with E-state index in [-0.39, 0.29) is 5.69 Å². The van der Waals surface area contributed by atoms with Crippen LogP contribution < -0.4 is 10.6 Å². The fourth-order valence-electron chi connectivity index (χ4n) is 2.42. The van der Waals surface area contributed by atoms with Crippen molar-refractivity contribution in [3.05, 3.63) is 67.7 Å². The predicted molar refractivity (Wildman–Crippen MR) is 85.1 cm³/mol. The van der Waals surface area contributed by atoms with Crippen molar-refractivity contribution in [2.24, 2.45) is 0 Å². The highest BCUT2D eigenvalue weighted by Gasteiger charge is 2.11. The molecule has 0 unspecified atom stereocenters. The summed E-state index contributed by atoms with van der Waals surface area (Å²) in [5.74, 6) is 0. The number of nitrogens with one attached hydrogen (secondary N) is 2. The molecule has 0 aromatic heterocycles. The number of fused-ring (bicyclic) bond motifs is 1. The molecule has 21 heavy (non-hydrogen) atoms. The Kier molecular flexibility index (Phi) is 3.90. The molecular weight excluding hydrogens is 334 g/mol. The van der Waals surface area contributed by atoms with Crippen molar-refractivity contribution < 1.29 is 4.92 Å². The van der Waals surface area contributed by atoms with Crippen LogP contribution in [0.5, 0.6) is 0 Å². The van der Waals surface area contributed by atoms with Gasteiger partial charge in [0.15, 0.2) is 0 Å². The largest absolute Gasteiger partial charge is 0.380 e. The van der Waals surface area contributed by atoms with Crippen molar-refractivity contribution in [1.82, 2.24) is 5.32 Å². The average molecular weight is 348 g/mol. The van der Waals surface area contributed by atoms with Crippen molar-refractivity contribution in [3.63, 3.8) is 0 Å². The highest BCUT2D eigenvalue weighted by Crippen LogP contribution is 2.27. The van der Waals surface area contributed by atoms with Gasteiger partial charge in [0.25, 0.3) is 5.69 Å². The Bertz CT molecular complexity index is 703. The maximum absolute atomic E-state index is 10.7. The summed E-state index contributed by atoms with van der Waals surface area (Å²) in [6, 6.07) is 11.2. The molecular formula is C15H14BrN3O2. The Morgan fingerprint density at radius 1 is 1.19 bits per heavy atom. The van der Waals surface area contributed by atoms with Crippen molar-refractivity contribution in [1.29, 1.82) is 0 Å². The van der Waals surface area contributed by atoms with E-state index in [9.17, 15) is 10.1 Å². The standard InChI is InChI=1S/C15H14BrN3O2/c16-14-6-13(19(20)21)3-4-15(14)18-7-10-1-2-11-8-17-9-12(11)5-10/h1-6,17-18H,7-9H2. The van der Waals surface area contributed by atoms with Crippen LogP contribution in [0.3, 0.4) is 0 Å². The van der Waals surface area contributed by atoms with Gasteiger partial charge in [-0.2, -0.15) is 0 Å². The lowest BCUT2D eigenvalue weighted by Gasteiger charge is -2.09. The predicted octanol–water partition coefficient (Wildman–Crippen LogP) is 3.57. The quantitative estimate of drug-likeness (QED) is 0.655. The summed E-state index contributed by atoms with van der Waals surface area (Å²) in [5, 5.41) is 17.3. The maximum atomic E-state index is 10.7. The molecule has 1 aliphatic heterocycles. The minimum absolute atomic E-state index is 0.0797. The van der Waals surface area contributed by atoms with E-state index < -0.39 is 4.92 Å². The fraction of sp³-hybridized carbons (Fsp3) is 0.200.